The Morgan fingerprint density at radius 3 is 1.41 bits per heavy atom. The third-order valence-electron chi connectivity index (χ3n) is 10.6. The van der Waals surface area contributed by atoms with E-state index in [2.05, 4.69) is 10.6 Å². The Morgan fingerprint density at radius 2 is 1.03 bits per heavy atom. The lowest BCUT2D eigenvalue weighted by Gasteiger charge is -2.35. The predicted octanol–water partition coefficient (Wildman–Crippen LogP) is 9.52. The number of hydrogen-bond donors (Lipinski definition) is 3. The van der Waals surface area contributed by atoms with Gasteiger partial charge in [-0.15, -0.1) is 0 Å². The number of esters is 2. The first-order valence-electron chi connectivity index (χ1n) is 20.3. The molecule has 0 saturated carbocycles. The fourth-order valence-corrected chi connectivity index (χ4v) is 7.30. The summed E-state index contributed by atoms with van der Waals surface area (Å²) in [7, 11) is 0. The fourth-order valence-electron chi connectivity index (χ4n) is 7.30. The molecule has 13 nitrogen and oxygen atoms in total. The van der Waals surface area contributed by atoms with Crippen LogP contribution >= 0.6 is 0 Å². The molecule has 0 radical (unpaired) electrons. The Kier molecular flexibility index (Phi) is 15.0. The summed E-state index contributed by atoms with van der Waals surface area (Å²) in [6, 6.07) is 30.4. The predicted molar refractivity (Wildman–Crippen MR) is 232 cm³/mol. The van der Waals surface area contributed by atoms with Gasteiger partial charge in [0.2, 0.25) is 0 Å². The molecular formula is C49H38F6N6O7. The topological polar surface area (TPSA) is 185 Å². The van der Waals surface area contributed by atoms with Crippen molar-refractivity contribution in [1.29, 1.82) is 10.5 Å². The van der Waals surface area contributed by atoms with Gasteiger partial charge in [0.1, 0.15) is 13.2 Å². The van der Waals surface area contributed by atoms with Crippen LogP contribution in [0.15, 0.2) is 150 Å². The number of benzene rings is 5. The van der Waals surface area contributed by atoms with Crippen molar-refractivity contribution in [3.63, 3.8) is 0 Å². The van der Waals surface area contributed by atoms with E-state index < -0.39 is 66.2 Å². The summed E-state index contributed by atoms with van der Waals surface area (Å²) < 4.78 is 90.0. The summed E-state index contributed by atoms with van der Waals surface area (Å²) in [5, 5.41) is 32.4. The van der Waals surface area contributed by atoms with Crippen molar-refractivity contribution in [2.75, 3.05) is 23.0 Å². The number of hydrogen-bond acceptors (Lipinski definition) is 9. The fraction of sp³-hybridized carbons (Fsp3) is 0.184. The first-order valence-corrected chi connectivity index (χ1v) is 20.3. The van der Waals surface area contributed by atoms with E-state index in [0.29, 0.717) is 22.3 Å². The first-order chi connectivity index (χ1) is 32.4. The standard InChI is InChI=1S/C27H20F3N3O3.C22H18F3N3O4/c1-17-23(25(34)36-16-19-6-3-2-4-7-19)24(20-12-10-18(15-31)11-13-20)32-26(35)33(17)22-9-5-8-21(14-22)27(28,29)30;1-13-18(20(30)32-10-9-29)19(15-7-5-14(12-26)6-8-15)27-21(31)28(13)17-4-2-3-16(11-17)22(23,24)25/h2-14,24H,16H2,1H3,(H,32,35);2-8,11,19,29H,9-10H2,1H3,(H,27,31). The van der Waals surface area contributed by atoms with Gasteiger partial charge in [0.15, 0.2) is 0 Å². The van der Waals surface area contributed by atoms with Crippen molar-refractivity contribution in [3.05, 3.63) is 189 Å². The molecule has 7 rings (SSSR count). The number of alkyl halides is 6. The third-order valence-corrected chi connectivity index (χ3v) is 10.6. The van der Waals surface area contributed by atoms with Crippen LogP contribution in [0, 0.1) is 22.7 Å². The highest BCUT2D eigenvalue weighted by Gasteiger charge is 2.40. The van der Waals surface area contributed by atoms with Crippen molar-refractivity contribution in [3.8, 4) is 12.1 Å². The number of nitriles is 2. The highest BCUT2D eigenvalue weighted by molar-refractivity contribution is 6.04. The molecule has 19 heteroatoms. The number of carbonyl (C=O) groups excluding carboxylic acids is 4. The van der Waals surface area contributed by atoms with E-state index in [9.17, 15) is 45.5 Å². The number of ether oxygens (including phenoxy) is 2. The van der Waals surface area contributed by atoms with Crippen LogP contribution in [0.25, 0.3) is 0 Å². The number of amides is 4. The van der Waals surface area contributed by atoms with Gasteiger partial charge in [-0.2, -0.15) is 36.9 Å². The normalized spacial score (nSPS) is 16.1. The zero-order valence-electron chi connectivity index (χ0n) is 35.9. The lowest BCUT2D eigenvalue weighted by atomic mass is 9.94. The van der Waals surface area contributed by atoms with E-state index in [1.54, 1.807) is 60.7 Å². The first kappa shape index (κ1) is 49.0. The minimum absolute atomic E-state index is 0.0137. The number of nitrogens with zero attached hydrogens (tertiary/aromatic N) is 4. The van der Waals surface area contributed by atoms with Gasteiger partial charge in [-0.3, -0.25) is 9.80 Å². The molecule has 0 spiro atoms. The smallest absolute Gasteiger partial charge is 0.416 e. The average molecular weight is 937 g/mol. The molecule has 0 aromatic heterocycles. The lowest BCUT2D eigenvalue weighted by Crippen LogP contribution is -2.48. The number of carbonyl (C=O) groups is 4. The second kappa shape index (κ2) is 20.8. The van der Waals surface area contributed by atoms with Crippen LogP contribution in [-0.4, -0.2) is 42.3 Å². The lowest BCUT2D eigenvalue weighted by molar-refractivity contribution is -0.141. The quantitative estimate of drug-likeness (QED) is 0.0906. The second-order valence-electron chi connectivity index (χ2n) is 14.9. The molecule has 0 saturated heterocycles. The number of rotatable bonds is 10. The molecule has 2 aliphatic heterocycles. The van der Waals surface area contributed by atoms with Crippen LogP contribution in [0.1, 0.15) is 64.9 Å². The molecule has 5 aromatic carbocycles. The van der Waals surface area contributed by atoms with Gasteiger partial charge in [-0.05, 0) is 91.2 Å². The largest absolute Gasteiger partial charge is 0.460 e. The highest BCUT2D eigenvalue weighted by atomic mass is 19.4. The van der Waals surface area contributed by atoms with Gasteiger partial charge in [-0.25, -0.2) is 19.2 Å². The summed E-state index contributed by atoms with van der Waals surface area (Å²) in [6.07, 6.45) is -9.23. The summed E-state index contributed by atoms with van der Waals surface area (Å²) >= 11 is 0. The summed E-state index contributed by atoms with van der Waals surface area (Å²) in [6.45, 7) is 2.14. The number of aliphatic hydroxyl groups is 1. The molecule has 0 aliphatic carbocycles. The average Bonchev–Trinajstić information content (AvgIpc) is 3.32. The number of anilines is 2. The maximum atomic E-state index is 13.3. The minimum Gasteiger partial charge on any atom is -0.460 e. The summed E-state index contributed by atoms with van der Waals surface area (Å²) in [5.74, 6) is -1.58. The van der Waals surface area contributed by atoms with Crippen LogP contribution in [0.2, 0.25) is 0 Å². The Hall–Kier alpha value is -8.42. The van der Waals surface area contributed by atoms with Crippen molar-refractivity contribution in [2.24, 2.45) is 0 Å². The Morgan fingerprint density at radius 1 is 0.618 bits per heavy atom. The molecule has 3 N–H and O–H groups in total. The van der Waals surface area contributed by atoms with Gasteiger partial charge in [0.25, 0.3) is 0 Å². The van der Waals surface area contributed by atoms with Crippen LogP contribution < -0.4 is 20.4 Å². The Bertz CT molecular complexity index is 2850. The molecular weight excluding hydrogens is 899 g/mol. The van der Waals surface area contributed by atoms with Gasteiger partial charge >= 0.3 is 36.4 Å². The number of nitrogens with one attached hydrogen (secondary N) is 2. The SMILES string of the molecule is CC1=C(C(=O)OCCO)C(c2ccc(C#N)cc2)NC(=O)N1c1cccc(C(F)(F)F)c1.CC1=C(C(=O)OCc2ccccc2)C(c2ccc(C#N)cc2)NC(=O)N1c1cccc(C(F)(F)F)c1. The summed E-state index contributed by atoms with van der Waals surface area (Å²) in [5.41, 5.74) is 0.724. The van der Waals surface area contributed by atoms with Crippen molar-refractivity contribution in [1.82, 2.24) is 10.6 Å². The van der Waals surface area contributed by atoms with E-state index in [0.717, 1.165) is 45.7 Å². The van der Waals surface area contributed by atoms with Crippen LogP contribution in [0.3, 0.4) is 0 Å². The van der Waals surface area contributed by atoms with E-state index >= 15 is 0 Å². The maximum absolute atomic E-state index is 13.3. The second-order valence-corrected chi connectivity index (χ2v) is 14.9. The van der Waals surface area contributed by atoms with Gasteiger partial charge in [0, 0.05) is 11.4 Å². The van der Waals surface area contributed by atoms with E-state index in [1.807, 2.05) is 18.2 Å². The third kappa shape index (κ3) is 11.1. The monoisotopic (exact) mass is 936 g/mol. The molecule has 348 valence electrons. The molecule has 5 aromatic rings. The van der Waals surface area contributed by atoms with E-state index in [1.165, 1.54) is 44.2 Å². The molecule has 0 bridgehead atoms. The van der Waals surface area contributed by atoms with Crippen molar-refractivity contribution < 1.29 is 60.1 Å². The van der Waals surface area contributed by atoms with Crippen LogP contribution in [-0.2, 0) is 38.0 Å². The number of halogens is 6. The zero-order valence-corrected chi connectivity index (χ0v) is 35.9. The summed E-state index contributed by atoms with van der Waals surface area (Å²) in [4.78, 5) is 54.1. The van der Waals surface area contributed by atoms with Crippen molar-refractivity contribution in [2.45, 2.75) is 44.9 Å². The Labute approximate surface area is 384 Å². The molecule has 0 fully saturated rings. The van der Waals surface area contributed by atoms with E-state index in [4.69, 9.17) is 25.1 Å². The van der Waals surface area contributed by atoms with Gasteiger partial charge < -0.3 is 25.2 Å². The molecule has 68 heavy (non-hydrogen) atoms. The van der Waals surface area contributed by atoms with Crippen molar-refractivity contribution >= 4 is 35.4 Å². The zero-order chi connectivity index (χ0) is 49.3. The van der Waals surface area contributed by atoms with Gasteiger partial charge in [0.05, 0.1) is 75.6 Å². The molecule has 2 atom stereocenters. The molecule has 2 unspecified atom stereocenters. The van der Waals surface area contributed by atoms with Crippen LogP contribution in [0.5, 0.6) is 0 Å². The maximum Gasteiger partial charge on any atom is 0.416 e. The molecule has 2 heterocycles. The van der Waals surface area contributed by atoms with Crippen LogP contribution in [0.4, 0.5) is 47.3 Å². The number of urea groups is 2. The minimum atomic E-state index is -4.62. The number of aliphatic hydroxyl groups excluding tert-OH is 1. The van der Waals surface area contributed by atoms with Gasteiger partial charge in [-0.1, -0.05) is 66.7 Å². The van der Waals surface area contributed by atoms with E-state index in [-0.39, 0.29) is 47.1 Å². The highest BCUT2D eigenvalue weighted by Crippen LogP contribution is 2.39. The Balaban J connectivity index is 0.000000226. The molecule has 2 aliphatic rings. The number of allylic oxidation sites excluding steroid dienone is 2. The molecule has 4 amide bonds.